The van der Waals surface area contributed by atoms with E-state index in [-0.39, 0.29) is 12.3 Å². The molecule has 0 saturated carbocycles. The van der Waals surface area contributed by atoms with Gasteiger partial charge in [-0.3, -0.25) is 0 Å². The van der Waals surface area contributed by atoms with Gasteiger partial charge in [0, 0.05) is 6.54 Å². The van der Waals surface area contributed by atoms with E-state index in [9.17, 15) is 8.42 Å². The summed E-state index contributed by atoms with van der Waals surface area (Å²) in [5.74, 6) is 0.227. The Bertz CT molecular complexity index is 656. The van der Waals surface area contributed by atoms with Crippen LogP contribution in [0, 0.1) is 0 Å². The van der Waals surface area contributed by atoms with E-state index < -0.39 is 10.0 Å². The zero-order valence-electron chi connectivity index (χ0n) is 11.7. The molecule has 0 fully saturated rings. The molecule has 21 heavy (non-hydrogen) atoms. The summed E-state index contributed by atoms with van der Waals surface area (Å²) < 4.78 is 26.5. The molecule has 8 nitrogen and oxygen atoms in total. The largest absolute Gasteiger partial charge is 0.313 e. The molecule has 0 aliphatic rings. The Morgan fingerprint density at radius 2 is 2.05 bits per heavy atom. The van der Waals surface area contributed by atoms with Crippen molar-refractivity contribution in [2.24, 2.45) is 0 Å². The highest BCUT2D eigenvalue weighted by Gasteiger charge is 2.13. The maximum atomic E-state index is 12.0. The Kier molecular flexibility index (Phi) is 5.37. The summed E-state index contributed by atoms with van der Waals surface area (Å²) in [7, 11) is -3.44. The van der Waals surface area contributed by atoms with Crippen molar-refractivity contribution < 1.29 is 8.42 Å². The van der Waals surface area contributed by atoms with Crippen LogP contribution in [0.4, 0.5) is 0 Å². The van der Waals surface area contributed by atoms with E-state index in [0.29, 0.717) is 5.82 Å². The van der Waals surface area contributed by atoms with E-state index >= 15 is 0 Å². The van der Waals surface area contributed by atoms with Crippen LogP contribution >= 0.6 is 0 Å². The summed E-state index contributed by atoms with van der Waals surface area (Å²) in [5.41, 5.74) is 1.80. The fourth-order valence-corrected chi connectivity index (χ4v) is 2.87. The number of aromatic amines is 1. The number of nitrogens with zero attached hydrogens (tertiary/aromatic N) is 3. The van der Waals surface area contributed by atoms with Gasteiger partial charge < -0.3 is 5.32 Å². The Morgan fingerprint density at radius 1 is 1.24 bits per heavy atom. The molecule has 0 unspecified atom stereocenters. The van der Waals surface area contributed by atoms with Crippen molar-refractivity contribution in [3.63, 3.8) is 0 Å². The predicted octanol–water partition coefficient (Wildman–Crippen LogP) is -0.0712. The van der Waals surface area contributed by atoms with E-state index in [4.69, 9.17) is 0 Å². The van der Waals surface area contributed by atoms with E-state index in [1.54, 1.807) is 6.07 Å². The van der Waals surface area contributed by atoms with Crippen molar-refractivity contribution in [2.45, 2.75) is 25.8 Å². The fourth-order valence-electron chi connectivity index (χ4n) is 1.80. The van der Waals surface area contributed by atoms with Crippen molar-refractivity contribution in [1.82, 2.24) is 30.7 Å². The van der Waals surface area contributed by atoms with Gasteiger partial charge in [-0.05, 0) is 17.7 Å². The van der Waals surface area contributed by atoms with Crippen molar-refractivity contribution in [2.75, 3.05) is 6.54 Å². The molecular weight excluding hydrogens is 292 g/mol. The molecule has 0 radical (unpaired) electrons. The molecule has 1 aromatic carbocycles. The summed E-state index contributed by atoms with van der Waals surface area (Å²) >= 11 is 0. The van der Waals surface area contributed by atoms with Crippen LogP contribution in [0.15, 0.2) is 24.3 Å². The molecule has 0 aliphatic carbocycles. The van der Waals surface area contributed by atoms with Crippen molar-refractivity contribution in [1.29, 1.82) is 0 Å². The zero-order chi connectivity index (χ0) is 15.1. The number of sulfonamides is 1. The first-order chi connectivity index (χ1) is 10.1. The Labute approximate surface area is 123 Å². The zero-order valence-corrected chi connectivity index (χ0v) is 12.5. The lowest BCUT2D eigenvalue weighted by molar-refractivity contribution is 0.578. The SMILES string of the molecule is CCNCc1cccc(CS(=O)(=O)NCc2nn[nH]n2)c1. The van der Waals surface area contributed by atoms with Crippen LogP contribution < -0.4 is 10.0 Å². The van der Waals surface area contributed by atoms with Gasteiger partial charge in [-0.25, -0.2) is 13.1 Å². The van der Waals surface area contributed by atoms with Crippen molar-refractivity contribution in [3.05, 3.63) is 41.2 Å². The third-order valence-electron chi connectivity index (χ3n) is 2.77. The normalized spacial score (nSPS) is 11.7. The van der Waals surface area contributed by atoms with Gasteiger partial charge in [0.15, 0.2) is 5.82 Å². The summed E-state index contributed by atoms with van der Waals surface area (Å²) in [5, 5.41) is 16.2. The number of tetrazole rings is 1. The van der Waals surface area contributed by atoms with Gasteiger partial charge >= 0.3 is 0 Å². The highest BCUT2D eigenvalue weighted by molar-refractivity contribution is 7.88. The van der Waals surface area contributed by atoms with Gasteiger partial charge in [0.2, 0.25) is 10.0 Å². The molecule has 0 amide bonds. The summed E-state index contributed by atoms with van der Waals surface area (Å²) in [6.45, 7) is 3.64. The minimum Gasteiger partial charge on any atom is -0.313 e. The van der Waals surface area contributed by atoms with E-state index in [1.807, 2.05) is 25.1 Å². The van der Waals surface area contributed by atoms with Gasteiger partial charge in [0.1, 0.15) is 0 Å². The van der Waals surface area contributed by atoms with Crippen LogP contribution in [0.2, 0.25) is 0 Å². The second kappa shape index (κ2) is 7.25. The lowest BCUT2D eigenvalue weighted by Gasteiger charge is -2.07. The molecule has 9 heteroatoms. The van der Waals surface area contributed by atoms with Crippen LogP contribution in [0.25, 0.3) is 0 Å². The maximum absolute atomic E-state index is 12.0. The molecule has 114 valence electrons. The number of benzene rings is 1. The molecule has 0 atom stereocenters. The molecule has 2 rings (SSSR count). The lowest BCUT2D eigenvalue weighted by Crippen LogP contribution is -2.25. The van der Waals surface area contributed by atoms with Crippen LogP contribution in [-0.2, 0) is 28.9 Å². The lowest BCUT2D eigenvalue weighted by atomic mass is 10.1. The van der Waals surface area contributed by atoms with Crippen LogP contribution in [-0.4, -0.2) is 35.6 Å². The van der Waals surface area contributed by atoms with Crippen LogP contribution in [0.5, 0.6) is 0 Å². The molecule has 3 N–H and O–H groups in total. The molecular formula is C12H18N6O2S. The minimum absolute atomic E-state index is 0.0237. The van der Waals surface area contributed by atoms with Gasteiger partial charge in [-0.2, -0.15) is 5.21 Å². The molecule has 1 heterocycles. The van der Waals surface area contributed by atoms with Crippen molar-refractivity contribution in [3.8, 4) is 0 Å². The van der Waals surface area contributed by atoms with Gasteiger partial charge in [0.25, 0.3) is 0 Å². The van der Waals surface area contributed by atoms with Crippen LogP contribution in [0.3, 0.4) is 0 Å². The third-order valence-corrected chi connectivity index (χ3v) is 4.06. The van der Waals surface area contributed by atoms with E-state index in [1.165, 1.54) is 0 Å². The average Bonchev–Trinajstić information content (AvgIpc) is 2.96. The standard InChI is InChI=1S/C12H18N6O2S/c1-2-13-7-10-4-3-5-11(6-10)9-21(19,20)14-8-12-15-17-18-16-12/h3-6,13-14H,2,7-9H2,1H3,(H,15,16,17,18). The summed E-state index contributed by atoms with van der Waals surface area (Å²) in [6, 6.07) is 7.50. The molecule has 0 saturated heterocycles. The minimum atomic E-state index is -3.44. The number of aromatic nitrogens is 4. The van der Waals surface area contributed by atoms with Gasteiger partial charge in [-0.15, -0.1) is 10.2 Å². The molecule has 1 aromatic heterocycles. The topological polar surface area (TPSA) is 113 Å². The average molecular weight is 310 g/mol. The number of nitrogens with one attached hydrogen (secondary N) is 3. The second-order valence-electron chi connectivity index (χ2n) is 4.51. The first-order valence-electron chi connectivity index (χ1n) is 6.57. The first kappa shape index (κ1) is 15.5. The van der Waals surface area contributed by atoms with Gasteiger partial charge in [0.05, 0.1) is 12.3 Å². The molecule has 0 bridgehead atoms. The molecule has 0 spiro atoms. The van der Waals surface area contributed by atoms with E-state index in [2.05, 4.69) is 30.7 Å². The Balaban J connectivity index is 1.95. The smallest absolute Gasteiger partial charge is 0.216 e. The molecule has 0 aliphatic heterocycles. The number of H-pyrrole nitrogens is 1. The van der Waals surface area contributed by atoms with Crippen LogP contribution in [0.1, 0.15) is 23.9 Å². The second-order valence-corrected chi connectivity index (χ2v) is 6.32. The third kappa shape index (κ3) is 5.21. The van der Waals surface area contributed by atoms with E-state index in [0.717, 1.165) is 24.2 Å². The summed E-state index contributed by atoms with van der Waals surface area (Å²) in [6.07, 6.45) is 0. The monoisotopic (exact) mass is 310 g/mol. The Morgan fingerprint density at radius 3 is 2.76 bits per heavy atom. The highest BCUT2D eigenvalue weighted by Crippen LogP contribution is 2.09. The first-order valence-corrected chi connectivity index (χ1v) is 8.22. The predicted molar refractivity (Wildman–Crippen MR) is 77.5 cm³/mol. The molecule has 2 aromatic rings. The quantitative estimate of drug-likeness (QED) is 0.629. The summed E-state index contributed by atoms with van der Waals surface area (Å²) in [4.78, 5) is 0. The number of hydrogen-bond acceptors (Lipinski definition) is 6. The Hall–Kier alpha value is -1.84. The maximum Gasteiger partial charge on any atom is 0.216 e. The fraction of sp³-hybridized carbons (Fsp3) is 0.417. The highest BCUT2D eigenvalue weighted by atomic mass is 32.2. The number of rotatable bonds is 8. The van der Waals surface area contributed by atoms with Crippen molar-refractivity contribution >= 4 is 10.0 Å². The number of hydrogen-bond donors (Lipinski definition) is 3. The van der Waals surface area contributed by atoms with Gasteiger partial charge in [-0.1, -0.05) is 36.4 Å².